The van der Waals surface area contributed by atoms with Crippen molar-refractivity contribution in [2.45, 2.75) is 66.5 Å². The monoisotopic (exact) mass is 518 g/mol. The van der Waals surface area contributed by atoms with Gasteiger partial charge >= 0.3 is 48.2 Å². The number of fused-ring (bicyclic) bond motifs is 3. The molecule has 3 aliphatic heterocycles. The average molecular weight is 518 g/mol. The molecule has 4 atom stereocenters. The third-order valence-electron chi connectivity index (χ3n) is 4.31. The fraction of sp³-hybridized carbons (Fsp3) is 1.00. The molecule has 0 amide bonds. The molecule has 32 heavy (non-hydrogen) atoms. The smallest absolute Gasteiger partial charge is 0.319 e. The van der Waals surface area contributed by atoms with Crippen LogP contribution < -0.4 is 0 Å². The molecule has 0 N–H and O–H groups in total. The summed E-state index contributed by atoms with van der Waals surface area (Å²) in [7, 11) is 0. The molecule has 0 bridgehead atoms. The summed E-state index contributed by atoms with van der Waals surface area (Å²) in [5, 5.41) is 0. The molecule has 0 saturated carbocycles. The van der Waals surface area contributed by atoms with Crippen molar-refractivity contribution in [2.24, 2.45) is 0 Å². The van der Waals surface area contributed by atoms with Crippen LogP contribution in [0.4, 0.5) is 70.2 Å². The number of alkyl halides is 16. The second-order valence-corrected chi connectivity index (χ2v) is 6.35. The highest BCUT2D eigenvalue weighted by molar-refractivity contribution is 5.14. The second kappa shape index (κ2) is 6.02. The largest absolute Gasteiger partial charge is 0.453 e. The van der Waals surface area contributed by atoms with Crippen LogP contribution in [0.3, 0.4) is 0 Å². The van der Waals surface area contributed by atoms with Gasteiger partial charge in [-0.05, 0) is 0 Å². The SMILES string of the molecule is FC(F)(F)C1(C(F)(F)F)O[C@@H]2[C@@]3(F)OC(C(F)(F)F)(C(F)(F)F)O[C@H]3O[C@]2(F)C(F)(F)O1. The van der Waals surface area contributed by atoms with Crippen LogP contribution in [-0.4, -0.2) is 66.5 Å². The summed E-state index contributed by atoms with van der Waals surface area (Å²) >= 11 is 0. The summed E-state index contributed by atoms with van der Waals surface area (Å²) < 4.78 is 227. The first-order valence-electron chi connectivity index (χ1n) is 7.28. The lowest BCUT2D eigenvalue weighted by atomic mass is 10.0. The van der Waals surface area contributed by atoms with Gasteiger partial charge in [0.25, 0.3) is 5.85 Å². The molecule has 0 unspecified atom stereocenters. The summed E-state index contributed by atoms with van der Waals surface area (Å²) in [4.78, 5) is 0. The summed E-state index contributed by atoms with van der Waals surface area (Å²) in [6.07, 6.45) is -43.8. The van der Waals surface area contributed by atoms with Gasteiger partial charge in [0.1, 0.15) is 0 Å². The quantitative estimate of drug-likeness (QED) is 0.446. The van der Waals surface area contributed by atoms with Crippen LogP contribution in [0.15, 0.2) is 0 Å². The maximum Gasteiger partial charge on any atom is 0.453 e. The number of hydrogen-bond donors (Lipinski definition) is 0. The Balaban J connectivity index is 2.20. The van der Waals surface area contributed by atoms with Gasteiger partial charge in [0, 0.05) is 0 Å². The maximum absolute atomic E-state index is 14.9. The molecule has 5 nitrogen and oxygen atoms in total. The number of hydrogen-bond acceptors (Lipinski definition) is 5. The minimum absolute atomic E-state index is 2.38. The van der Waals surface area contributed by atoms with Crippen LogP contribution in [0.25, 0.3) is 0 Å². The zero-order valence-electron chi connectivity index (χ0n) is 13.7. The van der Waals surface area contributed by atoms with E-state index in [1.54, 1.807) is 0 Å². The minimum Gasteiger partial charge on any atom is -0.319 e. The van der Waals surface area contributed by atoms with Gasteiger partial charge < -0.3 is 9.47 Å². The van der Waals surface area contributed by atoms with Gasteiger partial charge in [0.15, 0.2) is 6.10 Å². The Bertz CT molecular complexity index is 755. The van der Waals surface area contributed by atoms with E-state index in [1.165, 1.54) is 0 Å². The first-order valence-corrected chi connectivity index (χ1v) is 7.28. The van der Waals surface area contributed by atoms with E-state index in [0.29, 0.717) is 0 Å². The minimum atomic E-state index is -7.17. The zero-order valence-corrected chi connectivity index (χ0v) is 13.7. The van der Waals surface area contributed by atoms with Gasteiger partial charge in [-0.15, -0.1) is 0 Å². The topological polar surface area (TPSA) is 46.2 Å². The Hall–Kier alpha value is -1.32. The lowest BCUT2D eigenvalue weighted by Gasteiger charge is -2.49. The molecular formula is C11H2F16O5. The van der Waals surface area contributed by atoms with E-state index in [2.05, 4.69) is 23.7 Å². The third kappa shape index (κ3) is 2.79. The van der Waals surface area contributed by atoms with Crippen molar-refractivity contribution in [3.8, 4) is 0 Å². The molecule has 0 aromatic carbocycles. The average Bonchev–Trinajstić information content (AvgIpc) is 2.91. The highest BCUT2D eigenvalue weighted by Gasteiger charge is 2.95. The lowest BCUT2D eigenvalue weighted by molar-refractivity contribution is -0.591. The van der Waals surface area contributed by atoms with E-state index in [0.717, 1.165) is 0 Å². The van der Waals surface area contributed by atoms with E-state index in [4.69, 9.17) is 0 Å². The second-order valence-electron chi connectivity index (χ2n) is 6.35. The molecule has 0 radical (unpaired) electrons. The molecule has 3 rings (SSSR count). The molecule has 3 fully saturated rings. The van der Waals surface area contributed by atoms with Crippen molar-refractivity contribution in [1.29, 1.82) is 0 Å². The van der Waals surface area contributed by atoms with Gasteiger partial charge in [-0.3, -0.25) is 14.2 Å². The summed E-state index contributed by atoms with van der Waals surface area (Å²) in [5.41, 5.74) is 0. The van der Waals surface area contributed by atoms with Crippen molar-refractivity contribution >= 4 is 0 Å². The van der Waals surface area contributed by atoms with Crippen LogP contribution in [-0.2, 0) is 23.7 Å². The lowest BCUT2D eigenvalue weighted by Crippen LogP contribution is -2.76. The highest BCUT2D eigenvalue weighted by Crippen LogP contribution is 2.67. The molecule has 3 saturated heterocycles. The van der Waals surface area contributed by atoms with Gasteiger partial charge in [0.2, 0.25) is 6.29 Å². The fourth-order valence-electron chi connectivity index (χ4n) is 2.91. The van der Waals surface area contributed by atoms with Crippen LogP contribution >= 0.6 is 0 Å². The van der Waals surface area contributed by atoms with E-state index in [1.807, 2.05) is 0 Å². The predicted molar refractivity (Wildman–Crippen MR) is 55.3 cm³/mol. The Morgan fingerprint density at radius 3 is 1.25 bits per heavy atom. The molecule has 0 aliphatic carbocycles. The molecule has 21 heteroatoms. The van der Waals surface area contributed by atoms with Gasteiger partial charge in [-0.2, -0.15) is 65.9 Å². The van der Waals surface area contributed by atoms with Crippen molar-refractivity contribution < 1.29 is 93.9 Å². The normalized spacial score (nSPS) is 39.0. The van der Waals surface area contributed by atoms with Gasteiger partial charge in [-0.1, -0.05) is 0 Å². The van der Waals surface area contributed by atoms with Crippen LogP contribution in [0.5, 0.6) is 0 Å². The summed E-state index contributed by atoms with van der Waals surface area (Å²) in [5.74, 6) is -24.1. The first-order chi connectivity index (χ1) is 13.8. The third-order valence-corrected chi connectivity index (χ3v) is 4.31. The Labute approximate surface area is 162 Å². The van der Waals surface area contributed by atoms with Crippen LogP contribution in [0.1, 0.15) is 0 Å². The number of ether oxygens (including phenoxy) is 5. The predicted octanol–water partition coefficient (Wildman–Crippen LogP) is 4.37. The van der Waals surface area contributed by atoms with E-state index < -0.39 is 66.5 Å². The van der Waals surface area contributed by atoms with Crippen molar-refractivity contribution in [3.63, 3.8) is 0 Å². The Morgan fingerprint density at radius 2 is 0.875 bits per heavy atom. The van der Waals surface area contributed by atoms with Gasteiger partial charge in [-0.25, -0.2) is 4.39 Å². The molecule has 3 aliphatic rings. The molecule has 3 heterocycles. The van der Waals surface area contributed by atoms with Crippen LogP contribution in [0, 0.1) is 0 Å². The Kier molecular flexibility index (Phi) is 4.76. The number of halogens is 16. The zero-order chi connectivity index (χ0) is 25.2. The summed E-state index contributed by atoms with van der Waals surface area (Å²) in [6, 6.07) is 0. The van der Waals surface area contributed by atoms with E-state index >= 15 is 0 Å². The van der Waals surface area contributed by atoms with Crippen molar-refractivity contribution in [2.75, 3.05) is 0 Å². The van der Waals surface area contributed by atoms with Gasteiger partial charge in [0.05, 0.1) is 0 Å². The standard InChI is InChI=1S/C11H2F16O5/c12-3-1-4(13,11(26,27)32-5(28-1,7(14,15)16)8(17,18)19)29-2(3)30-6(31-3,9(20,21)22)10(23,24)25/h1-2H/t1-,2-,3-,4+/m1/s1. The molecule has 0 aromatic heterocycles. The van der Waals surface area contributed by atoms with Crippen LogP contribution in [0.2, 0.25) is 0 Å². The van der Waals surface area contributed by atoms with E-state index in [-0.39, 0.29) is 0 Å². The van der Waals surface area contributed by atoms with E-state index in [9.17, 15) is 70.2 Å². The van der Waals surface area contributed by atoms with Crippen molar-refractivity contribution in [1.82, 2.24) is 0 Å². The highest BCUT2D eigenvalue weighted by atomic mass is 19.4. The molecule has 188 valence electrons. The maximum atomic E-state index is 14.9. The molecule has 0 spiro atoms. The number of rotatable bonds is 0. The summed E-state index contributed by atoms with van der Waals surface area (Å²) in [6.45, 7) is 0. The first kappa shape index (κ1) is 25.3. The fourth-order valence-corrected chi connectivity index (χ4v) is 2.91. The Morgan fingerprint density at radius 1 is 0.500 bits per heavy atom. The molecular weight excluding hydrogens is 516 g/mol. The molecule has 0 aromatic rings. The van der Waals surface area contributed by atoms with Crippen molar-refractivity contribution in [3.05, 3.63) is 0 Å².